The number of thioether (sulfide) groups is 1. The topological polar surface area (TPSA) is 87.7 Å². The van der Waals surface area contributed by atoms with Gasteiger partial charge in [-0.1, -0.05) is 23.9 Å². The van der Waals surface area contributed by atoms with Crippen molar-refractivity contribution < 1.29 is 4.79 Å². The SMILES string of the molecule is Cc1cccc(NC(=O)[C@@H](C)Sc2nnc(C)c(=O)[nH]2)c1C. The number of nitrogens with one attached hydrogen (secondary N) is 2. The second kappa shape index (κ2) is 6.74. The molecule has 7 heteroatoms. The standard InChI is InChI=1S/C15H18N4O2S/c1-8-6-5-7-12(9(8)2)16-14(21)11(4)22-15-17-13(20)10(3)18-19-15/h5-7,11H,1-4H3,(H,16,21)(H,17,19,20)/t11-/m1/s1. The van der Waals surface area contributed by atoms with Gasteiger partial charge in [-0.25, -0.2) is 0 Å². The molecule has 0 saturated heterocycles. The highest BCUT2D eigenvalue weighted by Gasteiger charge is 2.17. The van der Waals surface area contributed by atoms with Gasteiger partial charge < -0.3 is 5.32 Å². The molecule has 0 radical (unpaired) electrons. The maximum atomic E-state index is 12.3. The predicted octanol–water partition coefficient (Wildman–Crippen LogP) is 2.21. The smallest absolute Gasteiger partial charge is 0.273 e. The van der Waals surface area contributed by atoms with Crippen molar-refractivity contribution in [3.05, 3.63) is 45.4 Å². The molecule has 0 aliphatic rings. The van der Waals surface area contributed by atoms with E-state index in [1.165, 1.54) is 0 Å². The van der Waals surface area contributed by atoms with E-state index in [0.29, 0.717) is 10.9 Å². The van der Waals surface area contributed by atoms with Gasteiger partial charge in [-0.15, -0.1) is 10.2 Å². The molecule has 0 unspecified atom stereocenters. The summed E-state index contributed by atoms with van der Waals surface area (Å²) in [7, 11) is 0. The third-order valence-electron chi connectivity index (χ3n) is 3.36. The van der Waals surface area contributed by atoms with Crippen LogP contribution in [0.25, 0.3) is 0 Å². The zero-order valence-corrected chi connectivity index (χ0v) is 13.7. The lowest BCUT2D eigenvalue weighted by Gasteiger charge is -2.13. The number of anilines is 1. The lowest BCUT2D eigenvalue weighted by Crippen LogP contribution is -2.24. The van der Waals surface area contributed by atoms with Gasteiger partial charge in [0.15, 0.2) is 5.16 Å². The summed E-state index contributed by atoms with van der Waals surface area (Å²) in [4.78, 5) is 26.4. The quantitative estimate of drug-likeness (QED) is 0.844. The first-order chi connectivity index (χ1) is 10.4. The number of amides is 1. The Kier molecular flexibility index (Phi) is 4.97. The Hall–Kier alpha value is -2.15. The fraction of sp³-hybridized carbons (Fsp3) is 0.333. The van der Waals surface area contributed by atoms with Crippen molar-refractivity contribution in [2.24, 2.45) is 0 Å². The molecule has 2 N–H and O–H groups in total. The molecule has 1 heterocycles. The summed E-state index contributed by atoms with van der Waals surface area (Å²) >= 11 is 1.16. The van der Waals surface area contributed by atoms with Crippen LogP contribution in [0, 0.1) is 20.8 Å². The van der Waals surface area contributed by atoms with Gasteiger partial charge in [-0.3, -0.25) is 14.6 Å². The van der Waals surface area contributed by atoms with Crippen molar-refractivity contribution in [2.75, 3.05) is 5.32 Å². The fourth-order valence-electron chi connectivity index (χ4n) is 1.77. The van der Waals surface area contributed by atoms with Crippen LogP contribution in [0.4, 0.5) is 5.69 Å². The number of benzene rings is 1. The van der Waals surface area contributed by atoms with E-state index in [9.17, 15) is 9.59 Å². The molecular formula is C15H18N4O2S. The molecule has 1 aromatic carbocycles. The van der Waals surface area contributed by atoms with Crippen LogP contribution in [0.15, 0.2) is 28.2 Å². The number of hydrogen-bond donors (Lipinski definition) is 2. The second-order valence-electron chi connectivity index (χ2n) is 5.04. The molecule has 6 nitrogen and oxygen atoms in total. The Morgan fingerprint density at radius 2 is 2.00 bits per heavy atom. The molecule has 0 aliphatic heterocycles. The van der Waals surface area contributed by atoms with E-state index in [0.717, 1.165) is 28.6 Å². The van der Waals surface area contributed by atoms with Gasteiger partial charge >= 0.3 is 0 Å². The second-order valence-corrected chi connectivity index (χ2v) is 6.37. The maximum Gasteiger partial charge on any atom is 0.273 e. The van der Waals surface area contributed by atoms with Gasteiger partial charge in [0, 0.05) is 5.69 Å². The van der Waals surface area contributed by atoms with Gasteiger partial charge in [0.05, 0.1) is 5.25 Å². The van der Waals surface area contributed by atoms with Crippen LogP contribution in [-0.4, -0.2) is 26.3 Å². The summed E-state index contributed by atoms with van der Waals surface area (Å²) in [5.41, 5.74) is 2.96. The Morgan fingerprint density at radius 3 is 2.68 bits per heavy atom. The number of aromatic amines is 1. The molecule has 22 heavy (non-hydrogen) atoms. The van der Waals surface area contributed by atoms with Crippen molar-refractivity contribution in [3.8, 4) is 0 Å². The van der Waals surface area contributed by atoms with Crippen LogP contribution in [-0.2, 0) is 4.79 Å². The summed E-state index contributed by atoms with van der Waals surface area (Å²) in [5, 5.41) is 10.5. The highest BCUT2D eigenvalue weighted by Crippen LogP contribution is 2.22. The number of aromatic nitrogens is 3. The highest BCUT2D eigenvalue weighted by atomic mass is 32.2. The normalized spacial score (nSPS) is 12.0. The number of rotatable bonds is 4. The van der Waals surface area contributed by atoms with Crippen molar-refractivity contribution in [1.29, 1.82) is 0 Å². The first-order valence-electron chi connectivity index (χ1n) is 6.86. The molecule has 0 fully saturated rings. The molecule has 1 atom stereocenters. The number of hydrogen-bond acceptors (Lipinski definition) is 5. The maximum absolute atomic E-state index is 12.3. The summed E-state index contributed by atoms with van der Waals surface area (Å²) in [6.07, 6.45) is 0. The average Bonchev–Trinajstić information content (AvgIpc) is 2.47. The predicted molar refractivity (Wildman–Crippen MR) is 87.3 cm³/mol. The van der Waals surface area contributed by atoms with Crippen LogP contribution in [0.5, 0.6) is 0 Å². The molecule has 0 bridgehead atoms. The number of aryl methyl sites for hydroxylation is 2. The van der Waals surface area contributed by atoms with Crippen LogP contribution < -0.4 is 10.9 Å². The molecule has 1 aromatic heterocycles. The summed E-state index contributed by atoms with van der Waals surface area (Å²) in [5.74, 6) is -0.151. The Morgan fingerprint density at radius 1 is 1.27 bits per heavy atom. The van der Waals surface area contributed by atoms with E-state index in [1.54, 1.807) is 13.8 Å². The van der Waals surface area contributed by atoms with Gasteiger partial charge in [-0.2, -0.15) is 0 Å². The van der Waals surface area contributed by atoms with Crippen LogP contribution in [0.2, 0.25) is 0 Å². The van der Waals surface area contributed by atoms with E-state index >= 15 is 0 Å². The minimum absolute atomic E-state index is 0.151. The van der Waals surface area contributed by atoms with Gasteiger partial charge in [-0.05, 0) is 44.9 Å². The lowest BCUT2D eigenvalue weighted by atomic mass is 10.1. The summed E-state index contributed by atoms with van der Waals surface area (Å²) in [6.45, 7) is 7.30. The number of carbonyl (C=O) groups excluding carboxylic acids is 1. The molecule has 116 valence electrons. The Bertz CT molecular complexity index is 757. The minimum Gasteiger partial charge on any atom is -0.325 e. The van der Waals surface area contributed by atoms with Crippen molar-refractivity contribution in [3.63, 3.8) is 0 Å². The van der Waals surface area contributed by atoms with Crippen molar-refractivity contribution >= 4 is 23.4 Å². The van der Waals surface area contributed by atoms with E-state index in [4.69, 9.17) is 0 Å². The minimum atomic E-state index is -0.410. The number of nitrogens with zero attached hydrogens (tertiary/aromatic N) is 2. The van der Waals surface area contributed by atoms with Crippen molar-refractivity contribution in [2.45, 2.75) is 38.1 Å². The molecular weight excluding hydrogens is 300 g/mol. The van der Waals surface area contributed by atoms with E-state index < -0.39 is 5.25 Å². The van der Waals surface area contributed by atoms with E-state index in [1.807, 2.05) is 32.0 Å². The van der Waals surface area contributed by atoms with Crippen LogP contribution in [0.3, 0.4) is 0 Å². The molecule has 0 aliphatic carbocycles. The Balaban J connectivity index is 2.07. The first kappa shape index (κ1) is 16.2. The third-order valence-corrected chi connectivity index (χ3v) is 4.33. The number of H-pyrrole nitrogens is 1. The average molecular weight is 318 g/mol. The monoisotopic (exact) mass is 318 g/mol. The fourth-order valence-corrected chi connectivity index (χ4v) is 2.51. The molecule has 0 spiro atoms. The zero-order chi connectivity index (χ0) is 16.3. The largest absolute Gasteiger partial charge is 0.325 e. The Labute approximate surface area is 132 Å². The van der Waals surface area contributed by atoms with Gasteiger partial charge in [0.1, 0.15) is 5.69 Å². The molecule has 0 saturated carbocycles. The third kappa shape index (κ3) is 3.73. The molecule has 1 amide bonds. The van der Waals surface area contributed by atoms with Gasteiger partial charge in [0.25, 0.3) is 5.56 Å². The van der Waals surface area contributed by atoms with Crippen LogP contribution >= 0.6 is 11.8 Å². The summed E-state index contributed by atoms with van der Waals surface area (Å²) in [6, 6.07) is 5.76. The summed E-state index contributed by atoms with van der Waals surface area (Å²) < 4.78 is 0. The lowest BCUT2D eigenvalue weighted by molar-refractivity contribution is -0.115. The highest BCUT2D eigenvalue weighted by molar-refractivity contribution is 8.00. The zero-order valence-electron chi connectivity index (χ0n) is 12.9. The van der Waals surface area contributed by atoms with E-state index in [2.05, 4.69) is 20.5 Å². The van der Waals surface area contributed by atoms with Crippen molar-refractivity contribution in [1.82, 2.24) is 15.2 Å². The number of carbonyl (C=O) groups is 1. The molecule has 2 rings (SSSR count). The van der Waals surface area contributed by atoms with Gasteiger partial charge in [0.2, 0.25) is 5.91 Å². The van der Waals surface area contributed by atoms with E-state index in [-0.39, 0.29) is 11.5 Å². The van der Waals surface area contributed by atoms with Crippen LogP contribution in [0.1, 0.15) is 23.7 Å². The molecule has 2 aromatic rings. The first-order valence-corrected chi connectivity index (χ1v) is 7.73.